The van der Waals surface area contributed by atoms with E-state index in [0.29, 0.717) is 44.0 Å². The molecule has 1 aromatic rings. The van der Waals surface area contributed by atoms with Crippen molar-refractivity contribution in [3.8, 4) is 0 Å². The van der Waals surface area contributed by atoms with E-state index in [-0.39, 0.29) is 36.9 Å². The molecule has 2 heterocycles. The minimum absolute atomic E-state index is 0.0373. The lowest BCUT2D eigenvalue weighted by Crippen LogP contribution is -2.44. The molecule has 4 amide bonds. The molecule has 1 unspecified atom stereocenters. The number of morpholine rings is 1. The molecule has 8 nitrogen and oxygen atoms in total. The molecule has 2 aliphatic heterocycles. The molecule has 1 atom stereocenters. The van der Waals surface area contributed by atoms with E-state index >= 15 is 0 Å². The van der Waals surface area contributed by atoms with Crippen LogP contribution in [0.3, 0.4) is 0 Å². The summed E-state index contributed by atoms with van der Waals surface area (Å²) < 4.78 is 5.47. The number of rotatable bonds is 8. The Hall–Kier alpha value is -2.16. The summed E-state index contributed by atoms with van der Waals surface area (Å²) in [5.41, 5.74) is 0.289. The van der Waals surface area contributed by atoms with Gasteiger partial charge in [0.15, 0.2) is 0 Å². The summed E-state index contributed by atoms with van der Waals surface area (Å²) in [5, 5.41) is 6.57. The number of carbonyl (C=O) groups is 3. The van der Waals surface area contributed by atoms with Gasteiger partial charge in [0.1, 0.15) is 5.54 Å². The predicted molar refractivity (Wildman–Crippen MR) is 120 cm³/mol. The van der Waals surface area contributed by atoms with Crippen molar-refractivity contribution in [3.05, 3.63) is 34.9 Å². The molecular weight excluding hydrogens is 432 g/mol. The van der Waals surface area contributed by atoms with Crippen molar-refractivity contribution in [2.75, 3.05) is 39.4 Å². The van der Waals surface area contributed by atoms with Gasteiger partial charge in [0, 0.05) is 37.6 Å². The molecule has 0 radical (unpaired) electrons. The van der Waals surface area contributed by atoms with Crippen LogP contribution in [-0.2, 0) is 14.3 Å². The molecule has 3 aliphatic rings. The van der Waals surface area contributed by atoms with Crippen LogP contribution in [0.2, 0.25) is 5.02 Å². The van der Waals surface area contributed by atoms with Crippen LogP contribution in [0.15, 0.2) is 24.3 Å². The minimum atomic E-state index is -0.695. The maximum absolute atomic E-state index is 12.7. The normalized spacial score (nSPS) is 21.7. The number of nitrogens with zero attached hydrogens (tertiary/aromatic N) is 2. The molecule has 4 rings (SSSR count). The van der Waals surface area contributed by atoms with E-state index in [1.54, 1.807) is 0 Å². The Kier molecular flexibility index (Phi) is 7.33. The lowest BCUT2D eigenvalue weighted by atomic mass is 9.98. The predicted octanol–water partition coefficient (Wildman–Crippen LogP) is 2.47. The van der Waals surface area contributed by atoms with E-state index in [0.717, 1.165) is 31.5 Å². The third-order valence-electron chi connectivity index (χ3n) is 6.73. The standard InChI is InChI=1S/C23H31ClN4O4/c24-18-7-2-1-6-17(18)19(27-12-14-32-15-13-27)16-25-20(29)8-5-11-28-21(30)23(26-22(28)31)9-3-4-10-23/h1-2,6-7,19H,3-5,8-16H2,(H,25,29)(H,26,31). The highest BCUT2D eigenvalue weighted by Crippen LogP contribution is 2.35. The highest BCUT2D eigenvalue weighted by atomic mass is 35.5. The number of carbonyl (C=O) groups excluding carboxylic acids is 3. The number of halogens is 1. The van der Waals surface area contributed by atoms with Crippen molar-refractivity contribution in [2.24, 2.45) is 0 Å². The molecule has 1 aliphatic carbocycles. The molecule has 0 bridgehead atoms. The van der Waals surface area contributed by atoms with E-state index in [2.05, 4.69) is 15.5 Å². The Morgan fingerprint density at radius 3 is 2.62 bits per heavy atom. The zero-order valence-corrected chi connectivity index (χ0v) is 19.0. The van der Waals surface area contributed by atoms with Gasteiger partial charge >= 0.3 is 6.03 Å². The van der Waals surface area contributed by atoms with Gasteiger partial charge in [-0.15, -0.1) is 0 Å². The number of nitrogens with one attached hydrogen (secondary N) is 2. The molecule has 1 aromatic carbocycles. The van der Waals surface area contributed by atoms with Gasteiger partial charge in [-0.25, -0.2) is 4.79 Å². The Balaban J connectivity index is 1.29. The number of urea groups is 1. The summed E-state index contributed by atoms with van der Waals surface area (Å²) in [6, 6.07) is 7.33. The second-order valence-corrected chi connectivity index (χ2v) is 9.18. The number of hydrogen-bond acceptors (Lipinski definition) is 5. The van der Waals surface area contributed by atoms with Crippen molar-refractivity contribution in [2.45, 2.75) is 50.1 Å². The maximum atomic E-state index is 12.7. The Labute approximate surface area is 193 Å². The van der Waals surface area contributed by atoms with Crippen LogP contribution in [-0.4, -0.2) is 72.6 Å². The number of imide groups is 1. The van der Waals surface area contributed by atoms with Gasteiger partial charge in [0.2, 0.25) is 5.91 Å². The highest BCUT2D eigenvalue weighted by molar-refractivity contribution is 6.31. The first-order valence-electron chi connectivity index (χ1n) is 11.5. The van der Waals surface area contributed by atoms with Crippen molar-refractivity contribution in [1.29, 1.82) is 0 Å². The topological polar surface area (TPSA) is 91.0 Å². The van der Waals surface area contributed by atoms with E-state index in [9.17, 15) is 14.4 Å². The Morgan fingerprint density at radius 2 is 1.91 bits per heavy atom. The maximum Gasteiger partial charge on any atom is 0.325 e. The first kappa shape index (κ1) is 23.0. The number of amides is 4. The smallest absolute Gasteiger partial charge is 0.325 e. The van der Waals surface area contributed by atoms with Gasteiger partial charge in [0.25, 0.3) is 5.91 Å². The number of hydrogen-bond donors (Lipinski definition) is 2. The van der Waals surface area contributed by atoms with Crippen LogP contribution >= 0.6 is 11.6 Å². The zero-order chi connectivity index (χ0) is 22.6. The molecule has 0 aromatic heterocycles. The average molecular weight is 463 g/mol. The second-order valence-electron chi connectivity index (χ2n) is 8.77. The lowest BCUT2D eigenvalue weighted by molar-refractivity contribution is -0.131. The van der Waals surface area contributed by atoms with Crippen molar-refractivity contribution >= 4 is 29.4 Å². The lowest BCUT2D eigenvalue weighted by Gasteiger charge is -2.35. The van der Waals surface area contributed by atoms with E-state index in [1.807, 2.05) is 24.3 Å². The van der Waals surface area contributed by atoms with E-state index in [4.69, 9.17) is 16.3 Å². The summed E-state index contributed by atoms with van der Waals surface area (Å²) in [7, 11) is 0. The summed E-state index contributed by atoms with van der Waals surface area (Å²) >= 11 is 6.44. The number of ether oxygens (including phenoxy) is 1. The zero-order valence-electron chi connectivity index (χ0n) is 18.3. The fourth-order valence-corrected chi connectivity index (χ4v) is 5.23. The van der Waals surface area contributed by atoms with Gasteiger partial charge in [-0.1, -0.05) is 42.6 Å². The summed E-state index contributed by atoms with van der Waals surface area (Å²) in [4.78, 5) is 41.1. The largest absolute Gasteiger partial charge is 0.379 e. The molecule has 2 saturated heterocycles. The molecule has 1 saturated carbocycles. The van der Waals surface area contributed by atoms with E-state index in [1.165, 1.54) is 4.90 Å². The molecule has 9 heteroatoms. The van der Waals surface area contributed by atoms with Gasteiger partial charge in [0.05, 0.1) is 19.3 Å². The van der Waals surface area contributed by atoms with Crippen LogP contribution in [0.4, 0.5) is 4.79 Å². The van der Waals surface area contributed by atoms with Crippen LogP contribution in [0.25, 0.3) is 0 Å². The first-order chi connectivity index (χ1) is 15.5. The first-order valence-corrected chi connectivity index (χ1v) is 11.8. The fraction of sp³-hybridized carbons (Fsp3) is 0.609. The third-order valence-corrected chi connectivity index (χ3v) is 7.08. The van der Waals surface area contributed by atoms with Gasteiger partial charge in [-0.2, -0.15) is 0 Å². The quantitative estimate of drug-likeness (QED) is 0.579. The molecule has 32 heavy (non-hydrogen) atoms. The molecule has 1 spiro atoms. The molecular formula is C23H31ClN4O4. The van der Waals surface area contributed by atoms with Crippen molar-refractivity contribution < 1.29 is 19.1 Å². The molecule has 3 fully saturated rings. The monoisotopic (exact) mass is 462 g/mol. The fourth-order valence-electron chi connectivity index (χ4n) is 4.96. The average Bonchev–Trinajstić information content (AvgIpc) is 3.36. The summed E-state index contributed by atoms with van der Waals surface area (Å²) in [6.45, 7) is 3.57. The third kappa shape index (κ3) is 4.92. The summed E-state index contributed by atoms with van der Waals surface area (Å²) in [6.07, 6.45) is 4.02. The van der Waals surface area contributed by atoms with Gasteiger partial charge in [-0.3, -0.25) is 19.4 Å². The molecule has 174 valence electrons. The second kappa shape index (κ2) is 10.2. The van der Waals surface area contributed by atoms with Crippen molar-refractivity contribution in [1.82, 2.24) is 20.4 Å². The Morgan fingerprint density at radius 1 is 1.19 bits per heavy atom. The Bertz CT molecular complexity index is 852. The number of benzene rings is 1. The highest BCUT2D eigenvalue weighted by Gasteiger charge is 2.52. The van der Waals surface area contributed by atoms with Crippen molar-refractivity contribution in [3.63, 3.8) is 0 Å². The summed E-state index contributed by atoms with van der Waals surface area (Å²) in [5.74, 6) is -0.232. The van der Waals surface area contributed by atoms with Crippen LogP contribution in [0.1, 0.15) is 50.1 Å². The molecule has 2 N–H and O–H groups in total. The van der Waals surface area contributed by atoms with E-state index < -0.39 is 5.54 Å². The minimum Gasteiger partial charge on any atom is -0.379 e. The van der Waals surface area contributed by atoms with Crippen LogP contribution in [0.5, 0.6) is 0 Å². The SMILES string of the molecule is O=C(CCCN1C(=O)NC2(CCCC2)C1=O)NCC(c1ccccc1Cl)N1CCOCC1. The van der Waals surface area contributed by atoms with Crippen LogP contribution in [0, 0.1) is 0 Å². The van der Waals surface area contributed by atoms with Gasteiger partial charge in [-0.05, 0) is 30.9 Å². The van der Waals surface area contributed by atoms with Gasteiger partial charge < -0.3 is 15.4 Å². The van der Waals surface area contributed by atoms with Crippen LogP contribution < -0.4 is 10.6 Å².